The molecule has 0 radical (unpaired) electrons. The van der Waals surface area contributed by atoms with Crippen molar-refractivity contribution in [1.29, 1.82) is 0 Å². The van der Waals surface area contributed by atoms with Crippen LogP contribution in [0.3, 0.4) is 0 Å². The zero-order valence-corrected chi connectivity index (χ0v) is 17.8. The second-order valence-electron chi connectivity index (χ2n) is 7.53. The lowest BCUT2D eigenvalue weighted by molar-refractivity contribution is -0.145. The molecule has 0 aliphatic carbocycles. The molecule has 0 aliphatic heterocycles. The molecule has 2 rings (SSSR count). The van der Waals surface area contributed by atoms with Crippen molar-refractivity contribution < 1.29 is 19.1 Å². The van der Waals surface area contributed by atoms with Gasteiger partial charge in [0, 0.05) is 29.1 Å². The topological polar surface area (TPSA) is 77.4 Å². The molecule has 0 saturated carbocycles. The van der Waals surface area contributed by atoms with E-state index in [4.69, 9.17) is 4.74 Å². The standard InChI is InChI=1S/C23H30N2O4/c1-6-12-25-16(4)13-19(17(25)5)20(26)14-29-23(28)21(15(2)3)24-22(27)18-10-8-7-9-11-18/h7-11,13,15,21H,6,12,14H2,1-5H3,(H,24,27). The van der Waals surface area contributed by atoms with Gasteiger partial charge < -0.3 is 14.6 Å². The molecular weight excluding hydrogens is 368 g/mol. The molecule has 1 N–H and O–H groups in total. The summed E-state index contributed by atoms with van der Waals surface area (Å²) in [6, 6.07) is 9.67. The van der Waals surface area contributed by atoms with Crippen molar-refractivity contribution in [2.45, 2.75) is 53.6 Å². The van der Waals surface area contributed by atoms with Gasteiger partial charge in [-0.05, 0) is 44.4 Å². The van der Waals surface area contributed by atoms with Gasteiger partial charge in [-0.1, -0.05) is 39.0 Å². The molecule has 0 spiro atoms. The number of amides is 1. The lowest BCUT2D eigenvalue weighted by Crippen LogP contribution is -2.45. The number of hydrogen-bond donors (Lipinski definition) is 1. The maximum absolute atomic E-state index is 12.6. The molecule has 6 nitrogen and oxygen atoms in total. The van der Waals surface area contributed by atoms with Gasteiger partial charge in [-0.3, -0.25) is 9.59 Å². The second-order valence-corrected chi connectivity index (χ2v) is 7.53. The van der Waals surface area contributed by atoms with Gasteiger partial charge in [0.25, 0.3) is 5.91 Å². The lowest BCUT2D eigenvalue weighted by atomic mass is 10.0. The minimum absolute atomic E-state index is 0.181. The molecule has 1 aromatic carbocycles. The number of ether oxygens (including phenoxy) is 1. The molecule has 0 aliphatic rings. The van der Waals surface area contributed by atoms with Gasteiger partial charge in [0.05, 0.1) is 0 Å². The monoisotopic (exact) mass is 398 g/mol. The van der Waals surface area contributed by atoms with Crippen LogP contribution in [0.15, 0.2) is 36.4 Å². The third-order valence-electron chi connectivity index (χ3n) is 4.91. The maximum atomic E-state index is 12.6. The first-order valence-electron chi connectivity index (χ1n) is 9.98. The summed E-state index contributed by atoms with van der Waals surface area (Å²) in [4.78, 5) is 37.5. The fourth-order valence-corrected chi connectivity index (χ4v) is 3.27. The second kappa shape index (κ2) is 10.0. The first kappa shape index (κ1) is 22.4. The van der Waals surface area contributed by atoms with E-state index < -0.39 is 12.0 Å². The number of aromatic nitrogens is 1. The van der Waals surface area contributed by atoms with Crippen LogP contribution in [-0.2, 0) is 16.1 Å². The van der Waals surface area contributed by atoms with Gasteiger partial charge >= 0.3 is 5.97 Å². The quantitative estimate of drug-likeness (QED) is 0.516. The Hall–Kier alpha value is -2.89. The number of ketones is 1. The van der Waals surface area contributed by atoms with Crippen molar-refractivity contribution in [2.24, 2.45) is 5.92 Å². The molecule has 2 aromatic rings. The molecule has 0 bridgehead atoms. The Morgan fingerprint density at radius 1 is 1.10 bits per heavy atom. The average Bonchev–Trinajstić information content (AvgIpc) is 2.99. The van der Waals surface area contributed by atoms with Crippen LogP contribution in [0.1, 0.15) is 59.3 Å². The summed E-state index contributed by atoms with van der Waals surface area (Å²) in [6.07, 6.45) is 0.968. The SMILES string of the molecule is CCCn1c(C)cc(C(=O)COC(=O)C(NC(=O)c2ccccc2)C(C)C)c1C. The Bertz CT molecular complexity index is 869. The zero-order chi connectivity index (χ0) is 21.6. The third kappa shape index (κ3) is 5.56. The fraction of sp³-hybridized carbons (Fsp3) is 0.435. The van der Waals surface area contributed by atoms with E-state index in [0.29, 0.717) is 11.1 Å². The summed E-state index contributed by atoms with van der Waals surface area (Å²) in [5, 5.41) is 2.71. The van der Waals surface area contributed by atoms with Gasteiger partial charge in [0.15, 0.2) is 6.61 Å². The van der Waals surface area contributed by atoms with Crippen LogP contribution in [0.25, 0.3) is 0 Å². The highest BCUT2D eigenvalue weighted by Crippen LogP contribution is 2.17. The van der Waals surface area contributed by atoms with Gasteiger partial charge in [-0.2, -0.15) is 0 Å². The Morgan fingerprint density at radius 3 is 2.34 bits per heavy atom. The molecule has 1 heterocycles. The zero-order valence-electron chi connectivity index (χ0n) is 17.8. The number of rotatable bonds is 9. The maximum Gasteiger partial charge on any atom is 0.329 e. The Kier molecular flexibility index (Phi) is 7.76. The Balaban J connectivity index is 2.02. The summed E-state index contributed by atoms with van der Waals surface area (Å²) in [5.41, 5.74) is 2.92. The van der Waals surface area contributed by atoms with Crippen molar-refractivity contribution in [3.8, 4) is 0 Å². The van der Waals surface area contributed by atoms with E-state index in [1.807, 2.05) is 39.8 Å². The normalized spacial score (nSPS) is 11.9. The molecule has 6 heteroatoms. The largest absolute Gasteiger partial charge is 0.456 e. The van der Waals surface area contributed by atoms with E-state index in [2.05, 4.69) is 16.8 Å². The number of carbonyl (C=O) groups is 3. The molecular formula is C23H30N2O4. The van der Waals surface area contributed by atoms with Gasteiger partial charge in [-0.15, -0.1) is 0 Å². The van der Waals surface area contributed by atoms with Crippen LogP contribution in [0, 0.1) is 19.8 Å². The van der Waals surface area contributed by atoms with E-state index in [-0.39, 0.29) is 24.2 Å². The van der Waals surface area contributed by atoms with Crippen LogP contribution in [-0.4, -0.2) is 34.9 Å². The Labute approximate surface area is 172 Å². The fourth-order valence-electron chi connectivity index (χ4n) is 3.27. The van der Waals surface area contributed by atoms with Crippen LogP contribution in [0.5, 0.6) is 0 Å². The summed E-state index contributed by atoms with van der Waals surface area (Å²) >= 11 is 0. The summed E-state index contributed by atoms with van der Waals surface area (Å²) < 4.78 is 7.36. The average molecular weight is 399 g/mol. The number of nitrogens with one attached hydrogen (secondary N) is 1. The van der Waals surface area contributed by atoms with Crippen molar-refractivity contribution in [3.63, 3.8) is 0 Å². The summed E-state index contributed by atoms with van der Waals surface area (Å²) in [7, 11) is 0. The molecule has 0 saturated heterocycles. The summed E-state index contributed by atoms with van der Waals surface area (Å²) in [6.45, 7) is 10.1. The number of hydrogen-bond acceptors (Lipinski definition) is 4. The van der Waals surface area contributed by atoms with Crippen molar-refractivity contribution in [2.75, 3.05) is 6.61 Å². The number of esters is 1. The van der Waals surface area contributed by atoms with E-state index in [0.717, 1.165) is 24.4 Å². The van der Waals surface area contributed by atoms with Gasteiger partial charge in [0.1, 0.15) is 6.04 Å². The molecule has 1 atom stereocenters. The lowest BCUT2D eigenvalue weighted by Gasteiger charge is -2.20. The summed E-state index contributed by atoms with van der Waals surface area (Å²) in [5.74, 6) is -1.39. The van der Waals surface area contributed by atoms with E-state index >= 15 is 0 Å². The highest BCUT2D eigenvalue weighted by atomic mass is 16.5. The smallest absolute Gasteiger partial charge is 0.329 e. The van der Waals surface area contributed by atoms with Gasteiger partial charge in [0.2, 0.25) is 5.78 Å². The van der Waals surface area contributed by atoms with Gasteiger partial charge in [-0.25, -0.2) is 4.79 Å². The first-order valence-corrected chi connectivity index (χ1v) is 9.98. The minimum atomic E-state index is -0.831. The number of carbonyl (C=O) groups excluding carboxylic acids is 3. The van der Waals surface area contributed by atoms with Crippen LogP contribution >= 0.6 is 0 Å². The van der Waals surface area contributed by atoms with Crippen molar-refractivity contribution >= 4 is 17.7 Å². The predicted molar refractivity (Wildman–Crippen MR) is 112 cm³/mol. The van der Waals surface area contributed by atoms with Crippen molar-refractivity contribution in [3.05, 3.63) is 58.9 Å². The van der Waals surface area contributed by atoms with Crippen molar-refractivity contribution in [1.82, 2.24) is 9.88 Å². The predicted octanol–water partition coefficient (Wildman–Crippen LogP) is 3.70. The van der Waals surface area contributed by atoms with Crippen LogP contribution in [0.4, 0.5) is 0 Å². The number of nitrogens with zero attached hydrogens (tertiary/aromatic N) is 1. The Morgan fingerprint density at radius 2 is 1.76 bits per heavy atom. The molecule has 1 aromatic heterocycles. The van der Waals surface area contributed by atoms with Crippen LogP contribution < -0.4 is 5.32 Å². The van der Waals surface area contributed by atoms with E-state index in [1.54, 1.807) is 24.3 Å². The molecule has 156 valence electrons. The van der Waals surface area contributed by atoms with E-state index in [1.165, 1.54) is 0 Å². The highest BCUT2D eigenvalue weighted by Gasteiger charge is 2.27. The first-order chi connectivity index (χ1) is 13.8. The van der Waals surface area contributed by atoms with Crippen LogP contribution in [0.2, 0.25) is 0 Å². The number of Topliss-reactive ketones (excluding diaryl/α,β-unsaturated/α-hetero) is 1. The minimum Gasteiger partial charge on any atom is -0.456 e. The van der Waals surface area contributed by atoms with E-state index in [9.17, 15) is 14.4 Å². The highest BCUT2D eigenvalue weighted by molar-refractivity contribution is 6.00. The molecule has 1 amide bonds. The number of aryl methyl sites for hydroxylation is 1. The molecule has 29 heavy (non-hydrogen) atoms. The molecule has 0 fully saturated rings. The number of benzene rings is 1. The third-order valence-corrected chi connectivity index (χ3v) is 4.91. The molecule has 1 unspecified atom stereocenters.